The summed E-state index contributed by atoms with van der Waals surface area (Å²) in [5.41, 5.74) is 7.76. The fraction of sp³-hybridized carbons (Fsp3) is 0.435. The van der Waals surface area contributed by atoms with Crippen LogP contribution in [0.15, 0.2) is 48.1 Å². The van der Waals surface area contributed by atoms with Crippen LogP contribution in [0, 0.1) is 0 Å². The fourth-order valence-electron chi connectivity index (χ4n) is 3.07. The Kier molecular flexibility index (Phi) is 8.40. The first-order valence-electron chi connectivity index (χ1n) is 9.26. The zero-order chi connectivity index (χ0) is 19.0. The van der Waals surface area contributed by atoms with Crippen molar-refractivity contribution in [1.82, 2.24) is 0 Å². The van der Waals surface area contributed by atoms with Crippen LogP contribution in [0.5, 0.6) is 0 Å². The number of hydrogen-bond donors (Lipinski definition) is 0. The van der Waals surface area contributed by atoms with Crippen molar-refractivity contribution < 1.29 is 0 Å². The Bertz CT molecular complexity index is 667. The molecule has 0 saturated heterocycles. The van der Waals surface area contributed by atoms with Crippen molar-refractivity contribution in [3.63, 3.8) is 0 Å². The van der Waals surface area contributed by atoms with E-state index in [9.17, 15) is 0 Å². The van der Waals surface area contributed by atoms with Crippen molar-refractivity contribution in [2.24, 2.45) is 4.99 Å². The van der Waals surface area contributed by atoms with Crippen LogP contribution < -0.4 is 4.90 Å². The van der Waals surface area contributed by atoms with Crippen molar-refractivity contribution >= 4 is 22.5 Å². The van der Waals surface area contributed by atoms with E-state index in [-0.39, 0.29) is 0 Å². The van der Waals surface area contributed by atoms with Gasteiger partial charge in [0.15, 0.2) is 0 Å². The van der Waals surface area contributed by atoms with Crippen LogP contribution >= 0.6 is 0 Å². The maximum absolute atomic E-state index is 4.63. The van der Waals surface area contributed by atoms with Crippen LogP contribution in [0.25, 0.3) is 11.1 Å². The molecule has 0 aliphatic carbocycles. The Balaban J connectivity index is 3.50. The van der Waals surface area contributed by atoms with Gasteiger partial charge in [0.1, 0.15) is 0 Å². The third-order valence-electron chi connectivity index (χ3n) is 4.09. The van der Waals surface area contributed by atoms with Crippen LogP contribution in [-0.4, -0.2) is 18.8 Å². The zero-order valence-electron chi connectivity index (χ0n) is 16.9. The van der Waals surface area contributed by atoms with E-state index in [1.807, 2.05) is 26.8 Å². The van der Waals surface area contributed by atoms with E-state index < -0.39 is 0 Å². The van der Waals surface area contributed by atoms with E-state index in [1.165, 1.54) is 11.3 Å². The summed E-state index contributed by atoms with van der Waals surface area (Å²) in [5, 5.41) is 0. The summed E-state index contributed by atoms with van der Waals surface area (Å²) in [7, 11) is 0. The molecule has 1 aromatic carbocycles. The number of nitrogens with zero attached hydrogens (tertiary/aromatic N) is 2. The molecule has 0 unspecified atom stereocenters. The lowest BCUT2D eigenvalue weighted by Crippen LogP contribution is -2.24. The molecule has 0 aliphatic heterocycles. The summed E-state index contributed by atoms with van der Waals surface area (Å²) in [6.45, 7) is 23.0. The first-order chi connectivity index (χ1) is 11.8. The summed E-state index contributed by atoms with van der Waals surface area (Å²) in [6, 6.07) is 6.67. The van der Waals surface area contributed by atoms with Gasteiger partial charge in [-0.15, -0.1) is 0 Å². The van der Waals surface area contributed by atoms with Gasteiger partial charge in [-0.25, -0.2) is 0 Å². The maximum Gasteiger partial charge on any atom is 0.0450 e. The molecule has 2 heteroatoms. The lowest BCUT2D eigenvalue weighted by Gasteiger charge is -2.25. The van der Waals surface area contributed by atoms with E-state index in [0.29, 0.717) is 0 Å². The normalized spacial score (nSPS) is 11.6. The molecule has 1 rings (SSSR count). The quantitative estimate of drug-likeness (QED) is 0.359. The minimum absolute atomic E-state index is 0.990. The third-order valence-corrected chi connectivity index (χ3v) is 4.09. The van der Waals surface area contributed by atoms with E-state index in [4.69, 9.17) is 0 Å². The standard InChI is InChI=1S/C23H34N2/c1-9-14-25(15-10-2)20-12-13-22(23(16-20)17(4)5)21(11-3)19(8)24-18(6)7/h11-13,16H,3-4,9-10,14-15H2,1-2,5-8H3/b21-19+. The molecule has 0 radical (unpaired) electrons. The maximum atomic E-state index is 4.63. The minimum atomic E-state index is 0.990. The van der Waals surface area contributed by atoms with Crippen molar-refractivity contribution in [3.8, 4) is 0 Å². The molecule has 0 aromatic heterocycles. The predicted molar refractivity (Wildman–Crippen MR) is 116 cm³/mol. The summed E-state index contributed by atoms with van der Waals surface area (Å²) in [4.78, 5) is 7.08. The van der Waals surface area contributed by atoms with Crippen molar-refractivity contribution in [1.29, 1.82) is 0 Å². The second-order valence-electron chi connectivity index (χ2n) is 6.76. The van der Waals surface area contributed by atoms with Gasteiger partial charge in [-0.3, -0.25) is 4.99 Å². The average Bonchev–Trinajstić information content (AvgIpc) is 2.54. The molecule has 0 amide bonds. The Morgan fingerprint density at radius 1 is 1.04 bits per heavy atom. The van der Waals surface area contributed by atoms with Gasteiger partial charge in [-0.05, 0) is 63.8 Å². The van der Waals surface area contributed by atoms with Crippen molar-refractivity contribution in [2.75, 3.05) is 18.0 Å². The Hall–Kier alpha value is -2.09. The molecule has 25 heavy (non-hydrogen) atoms. The molecule has 0 aliphatic rings. The van der Waals surface area contributed by atoms with Crippen LogP contribution in [0.1, 0.15) is 65.5 Å². The van der Waals surface area contributed by atoms with Crippen molar-refractivity contribution in [2.45, 2.75) is 54.4 Å². The highest BCUT2D eigenvalue weighted by Gasteiger charge is 2.13. The van der Waals surface area contributed by atoms with E-state index in [0.717, 1.165) is 54.0 Å². The number of anilines is 1. The molecule has 0 N–H and O–H groups in total. The Morgan fingerprint density at radius 2 is 1.64 bits per heavy atom. The topological polar surface area (TPSA) is 15.6 Å². The second kappa shape index (κ2) is 10.0. The smallest absolute Gasteiger partial charge is 0.0450 e. The van der Waals surface area contributed by atoms with Crippen LogP contribution in [0.3, 0.4) is 0 Å². The average molecular weight is 339 g/mol. The highest BCUT2D eigenvalue weighted by atomic mass is 15.1. The highest BCUT2D eigenvalue weighted by molar-refractivity contribution is 5.87. The molecule has 2 nitrogen and oxygen atoms in total. The third kappa shape index (κ3) is 5.74. The molecule has 0 bridgehead atoms. The summed E-state index contributed by atoms with van der Waals surface area (Å²) < 4.78 is 0. The molecule has 0 spiro atoms. The largest absolute Gasteiger partial charge is 0.372 e. The van der Waals surface area contributed by atoms with Crippen LogP contribution in [0.4, 0.5) is 5.69 Å². The molecular formula is C23H34N2. The van der Waals surface area contributed by atoms with Gasteiger partial charge in [0.25, 0.3) is 0 Å². The summed E-state index contributed by atoms with van der Waals surface area (Å²) in [5.74, 6) is 0. The van der Waals surface area contributed by atoms with Gasteiger partial charge in [0, 0.05) is 35.8 Å². The van der Waals surface area contributed by atoms with Gasteiger partial charge in [0.05, 0.1) is 0 Å². The SMILES string of the molecule is C=C/C(=C(/C)N=C(C)C)c1ccc(N(CCC)CCC)cc1C(=C)C. The Labute approximate surface area is 154 Å². The number of aliphatic imine (C=N–C) groups is 1. The molecule has 1 aromatic rings. The lowest BCUT2D eigenvalue weighted by molar-refractivity contribution is 0.745. The second-order valence-corrected chi connectivity index (χ2v) is 6.76. The van der Waals surface area contributed by atoms with Gasteiger partial charge in [0.2, 0.25) is 0 Å². The minimum Gasteiger partial charge on any atom is -0.372 e. The molecule has 136 valence electrons. The number of rotatable bonds is 9. The van der Waals surface area contributed by atoms with Gasteiger partial charge < -0.3 is 4.90 Å². The molecule has 0 atom stereocenters. The van der Waals surface area contributed by atoms with Gasteiger partial charge in [-0.1, -0.05) is 44.7 Å². The van der Waals surface area contributed by atoms with Crippen LogP contribution in [-0.2, 0) is 0 Å². The summed E-state index contributed by atoms with van der Waals surface area (Å²) in [6.07, 6.45) is 4.19. The number of allylic oxidation sites excluding steroid dienone is 4. The lowest BCUT2D eigenvalue weighted by atomic mass is 9.93. The van der Waals surface area contributed by atoms with Gasteiger partial charge >= 0.3 is 0 Å². The highest BCUT2D eigenvalue weighted by Crippen LogP contribution is 2.32. The first kappa shape index (κ1) is 21.0. The fourth-order valence-corrected chi connectivity index (χ4v) is 3.07. The van der Waals surface area contributed by atoms with Crippen molar-refractivity contribution in [3.05, 3.63) is 54.3 Å². The number of benzene rings is 1. The predicted octanol–water partition coefficient (Wildman–Crippen LogP) is 6.74. The zero-order valence-corrected chi connectivity index (χ0v) is 16.9. The van der Waals surface area contributed by atoms with E-state index in [2.05, 4.69) is 62.0 Å². The summed E-state index contributed by atoms with van der Waals surface area (Å²) >= 11 is 0. The van der Waals surface area contributed by atoms with Crippen LogP contribution in [0.2, 0.25) is 0 Å². The van der Waals surface area contributed by atoms with E-state index in [1.54, 1.807) is 0 Å². The van der Waals surface area contributed by atoms with Gasteiger partial charge in [-0.2, -0.15) is 0 Å². The molecule has 0 fully saturated rings. The molecule has 0 heterocycles. The number of hydrogen-bond acceptors (Lipinski definition) is 2. The Morgan fingerprint density at radius 3 is 2.08 bits per heavy atom. The van der Waals surface area contributed by atoms with E-state index >= 15 is 0 Å². The molecular weight excluding hydrogens is 304 g/mol. The monoisotopic (exact) mass is 338 g/mol. The molecule has 0 saturated carbocycles. The first-order valence-corrected chi connectivity index (χ1v) is 9.26.